The van der Waals surface area contributed by atoms with E-state index in [0.29, 0.717) is 12.8 Å². The second-order valence-electron chi connectivity index (χ2n) is 11.5. The van der Waals surface area contributed by atoms with Crippen LogP contribution in [0.15, 0.2) is 0 Å². The van der Waals surface area contributed by atoms with Crippen LogP contribution in [0.4, 0.5) is 13.2 Å². The van der Waals surface area contributed by atoms with Gasteiger partial charge in [0.2, 0.25) is 17.7 Å². The van der Waals surface area contributed by atoms with Gasteiger partial charge >= 0.3 is 6.18 Å². The molecule has 8 nitrogen and oxygen atoms in total. The van der Waals surface area contributed by atoms with E-state index in [0.717, 1.165) is 32.1 Å². The molecular formula is C24H36F3N5O3. The van der Waals surface area contributed by atoms with Crippen molar-refractivity contribution in [2.75, 3.05) is 6.54 Å². The lowest BCUT2D eigenvalue weighted by atomic mass is 9.74. The third-order valence-corrected chi connectivity index (χ3v) is 7.23. The van der Waals surface area contributed by atoms with Gasteiger partial charge in [0.15, 0.2) is 0 Å². The molecule has 0 unspecified atom stereocenters. The van der Waals surface area contributed by atoms with Crippen LogP contribution >= 0.6 is 0 Å². The fourth-order valence-corrected chi connectivity index (χ4v) is 4.99. The average Bonchev–Trinajstić information content (AvgIpc) is 3.45. The number of nitrogens with zero attached hydrogens (tertiary/aromatic N) is 1. The summed E-state index contributed by atoms with van der Waals surface area (Å²) in [4.78, 5) is 38.4. The zero-order valence-electron chi connectivity index (χ0n) is 20.6. The molecule has 0 aromatic rings. The molecule has 0 aromatic carbocycles. The first kappa shape index (κ1) is 27.2. The molecule has 11 heteroatoms. The number of nitriles is 1. The van der Waals surface area contributed by atoms with Gasteiger partial charge in [-0.3, -0.25) is 19.7 Å². The number of rotatable bonds is 10. The van der Waals surface area contributed by atoms with Gasteiger partial charge in [-0.25, -0.2) is 0 Å². The summed E-state index contributed by atoms with van der Waals surface area (Å²) in [5, 5.41) is 20.2. The molecular weight excluding hydrogens is 463 g/mol. The molecule has 0 radical (unpaired) electrons. The highest BCUT2D eigenvalue weighted by atomic mass is 19.4. The third kappa shape index (κ3) is 7.56. The third-order valence-electron chi connectivity index (χ3n) is 7.23. The predicted octanol–water partition coefficient (Wildman–Crippen LogP) is 2.30. The van der Waals surface area contributed by atoms with Gasteiger partial charge in [-0.1, -0.05) is 33.6 Å². The molecule has 3 aliphatic rings. The molecule has 196 valence electrons. The van der Waals surface area contributed by atoms with E-state index in [9.17, 15) is 32.8 Å². The number of carbonyl (C=O) groups excluding carboxylic acids is 3. The van der Waals surface area contributed by atoms with Crippen LogP contribution in [0.5, 0.6) is 0 Å². The van der Waals surface area contributed by atoms with Crippen LogP contribution in [-0.2, 0) is 14.4 Å². The molecule has 2 aliphatic carbocycles. The van der Waals surface area contributed by atoms with Gasteiger partial charge in [0.25, 0.3) is 0 Å². The summed E-state index contributed by atoms with van der Waals surface area (Å²) in [5.41, 5.74) is -1.00. The SMILES string of the molecule is CC(C)(C)[C@H](NCC(F)(F)F)C(=O)N[C@@H](CC1CC1)C(=O)N[C@H](C#N)C[C@@H]1CC2(CCC2)NC1=O. The van der Waals surface area contributed by atoms with Gasteiger partial charge in [0, 0.05) is 11.5 Å². The minimum Gasteiger partial charge on any atom is -0.350 e. The Bertz CT molecular complexity index is 856. The van der Waals surface area contributed by atoms with E-state index in [1.165, 1.54) is 0 Å². The van der Waals surface area contributed by atoms with E-state index in [4.69, 9.17) is 0 Å². The first-order valence-electron chi connectivity index (χ1n) is 12.3. The van der Waals surface area contributed by atoms with Crippen molar-refractivity contribution in [3.63, 3.8) is 0 Å². The lowest BCUT2D eigenvalue weighted by Crippen LogP contribution is -2.58. The summed E-state index contributed by atoms with van der Waals surface area (Å²) in [6.07, 6.45) is 1.38. The van der Waals surface area contributed by atoms with Crippen LogP contribution in [0.25, 0.3) is 0 Å². The van der Waals surface area contributed by atoms with Gasteiger partial charge in [-0.2, -0.15) is 18.4 Å². The van der Waals surface area contributed by atoms with Crippen molar-refractivity contribution in [1.82, 2.24) is 21.3 Å². The maximum absolute atomic E-state index is 13.1. The van der Waals surface area contributed by atoms with Crippen LogP contribution < -0.4 is 21.3 Å². The van der Waals surface area contributed by atoms with E-state index < -0.39 is 48.1 Å². The van der Waals surface area contributed by atoms with Crippen LogP contribution in [0.1, 0.15) is 72.1 Å². The molecule has 1 aliphatic heterocycles. The first-order chi connectivity index (χ1) is 16.2. The molecule has 3 amide bonds. The van der Waals surface area contributed by atoms with E-state index in [-0.39, 0.29) is 29.7 Å². The number of hydrogen-bond donors (Lipinski definition) is 4. The van der Waals surface area contributed by atoms with Gasteiger partial charge in [-0.05, 0) is 49.9 Å². The summed E-state index contributed by atoms with van der Waals surface area (Å²) >= 11 is 0. The Hall–Kier alpha value is -2.35. The number of nitrogens with one attached hydrogen (secondary N) is 4. The highest BCUT2D eigenvalue weighted by Gasteiger charge is 2.48. The van der Waals surface area contributed by atoms with Crippen molar-refractivity contribution in [2.45, 2.75) is 102 Å². The lowest BCUT2D eigenvalue weighted by Gasteiger charge is -2.38. The Balaban J connectivity index is 1.62. The van der Waals surface area contributed by atoms with Crippen molar-refractivity contribution in [3.8, 4) is 6.07 Å². The summed E-state index contributed by atoms with van der Waals surface area (Å²) < 4.78 is 38.3. The number of alkyl halides is 3. The fraction of sp³-hybridized carbons (Fsp3) is 0.833. The normalized spacial score (nSPS) is 24.0. The van der Waals surface area contributed by atoms with Crippen molar-refractivity contribution in [2.24, 2.45) is 17.3 Å². The van der Waals surface area contributed by atoms with Gasteiger partial charge in [0.1, 0.15) is 12.1 Å². The second-order valence-corrected chi connectivity index (χ2v) is 11.5. The topological polar surface area (TPSA) is 123 Å². The number of carbonyl (C=O) groups is 3. The van der Waals surface area contributed by atoms with Crippen LogP contribution in [0.2, 0.25) is 0 Å². The van der Waals surface area contributed by atoms with Crippen molar-refractivity contribution < 1.29 is 27.6 Å². The molecule has 3 rings (SSSR count). The zero-order valence-corrected chi connectivity index (χ0v) is 20.6. The van der Waals surface area contributed by atoms with Crippen molar-refractivity contribution in [3.05, 3.63) is 0 Å². The fourth-order valence-electron chi connectivity index (χ4n) is 4.99. The number of halogens is 3. The maximum atomic E-state index is 13.1. The molecule has 1 saturated heterocycles. The molecule has 4 N–H and O–H groups in total. The molecule has 1 spiro atoms. The van der Waals surface area contributed by atoms with Gasteiger partial charge in [0.05, 0.1) is 18.7 Å². The molecule has 3 fully saturated rings. The molecule has 1 heterocycles. The van der Waals surface area contributed by atoms with Crippen LogP contribution in [-0.4, -0.2) is 54.1 Å². The van der Waals surface area contributed by atoms with Crippen molar-refractivity contribution >= 4 is 17.7 Å². The quantitative estimate of drug-likeness (QED) is 0.367. The standard InChI is InChI=1S/C24H36F3N5O3/c1-22(2,3)18(29-13-24(25,26)27)21(35)31-17(9-14-5-6-14)20(34)30-16(12-28)10-15-11-23(7-4-8-23)32-19(15)33/h14-18,29H,4-11,13H2,1-3H3,(H,30,34)(H,31,35)(H,32,33)/t15-,16+,17+,18-/m1/s1. The number of hydrogen-bond acceptors (Lipinski definition) is 5. The summed E-state index contributed by atoms with van der Waals surface area (Å²) in [6, 6.07) is -1.01. The smallest absolute Gasteiger partial charge is 0.350 e. The Labute approximate surface area is 204 Å². The van der Waals surface area contributed by atoms with E-state index >= 15 is 0 Å². The zero-order chi connectivity index (χ0) is 26.0. The molecule has 4 atom stereocenters. The maximum Gasteiger partial charge on any atom is 0.401 e. The summed E-state index contributed by atoms with van der Waals surface area (Å²) in [7, 11) is 0. The highest BCUT2D eigenvalue weighted by molar-refractivity contribution is 5.90. The predicted molar refractivity (Wildman–Crippen MR) is 122 cm³/mol. The Morgan fingerprint density at radius 3 is 2.26 bits per heavy atom. The Morgan fingerprint density at radius 1 is 1.14 bits per heavy atom. The average molecular weight is 500 g/mol. The van der Waals surface area contributed by atoms with Crippen LogP contribution in [0, 0.1) is 28.6 Å². The Kier molecular flexibility index (Phi) is 8.04. The van der Waals surface area contributed by atoms with Gasteiger partial charge < -0.3 is 16.0 Å². The minimum absolute atomic E-state index is 0.106. The molecule has 0 bridgehead atoms. The second kappa shape index (κ2) is 10.3. The Morgan fingerprint density at radius 2 is 1.80 bits per heavy atom. The lowest BCUT2D eigenvalue weighted by molar-refractivity contribution is -0.137. The first-order valence-corrected chi connectivity index (χ1v) is 12.3. The molecule has 2 saturated carbocycles. The molecule has 35 heavy (non-hydrogen) atoms. The number of amides is 3. The van der Waals surface area contributed by atoms with E-state index in [1.54, 1.807) is 20.8 Å². The van der Waals surface area contributed by atoms with Crippen LogP contribution in [0.3, 0.4) is 0 Å². The molecule has 0 aromatic heterocycles. The monoisotopic (exact) mass is 499 g/mol. The summed E-state index contributed by atoms with van der Waals surface area (Å²) in [6.45, 7) is 3.60. The van der Waals surface area contributed by atoms with Crippen molar-refractivity contribution in [1.29, 1.82) is 5.26 Å². The van der Waals surface area contributed by atoms with E-state index in [1.807, 2.05) is 6.07 Å². The van der Waals surface area contributed by atoms with E-state index in [2.05, 4.69) is 21.3 Å². The summed E-state index contributed by atoms with van der Waals surface area (Å²) in [5.74, 6) is -1.49. The highest BCUT2D eigenvalue weighted by Crippen LogP contribution is 2.42. The minimum atomic E-state index is -4.49. The largest absolute Gasteiger partial charge is 0.401 e. The van der Waals surface area contributed by atoms with Gasteiger partial charge in [-0.15, -0.1) is 0 Å².